The van der Waals surface area contributed by atoms with E-state index < -0.39 is 0 Å². The van der Waals surface area contributed by atoms with E-state index in [1.165, 1.54) is 4.68 Å². The zero-order chi connectivity index (χ0) is 17.8. The fourth-order valence-electron chi connectivity index (χ4n) is 2.41. The molecule has 0 saturated carbocycles. The van der Waals surface area contributed by atoms with Gasteiger partial charge in [0, 0.05) is 17.7 Å². The van der Waals surface area contributed by atoms with Crippen LogP contribution in [0.15, 0.2) is 94.7 Å². The Balaban J connectivity index is 1.56. The summed E-state index contributed by atoms with van der Waals surface area (Å²) in [5, 5.41) is 24.3. The largest absolute Gasteiger partial charge is 0.854 e. The fraction of sp³-hybridized carbons (Fsp3) is 0. The Morgan fingerprint density at radius 1 is 0.769 bits per heavy atom. The average molecular weight is 342 g/mol. The van der Waals surface area contributed by atoms with Crippen molar-refractivity contribution in [3.63, 3.8) is 0 Å². The van der Waals surface area contributed by atoms with Gasteiger partial charge in [0.2, 0.25) is 24.2 Å². The standard InChI is InChI=1S/C20H14N4O2/c25-18(15-7-3-1-4-8-15)23-24-13-11-17(12-14-24)20-22-21-19(26-20)16-9-5-2-6-10-16/h1-14H. The highest BCUT2D eigenvalue weighted by atomic mass is 16.4. The predicted octanol–water partition coefficient (Wildman–Crippen LogP) is 2.26. The Bertz CT molecular complexity index is 1030. The molecule has 0 amide bonds. The average Bonchev–Trinajstić information content (AvgIpc) is 3.20. The lowest BCUT2D eigenvalue weighted by Gasteiger charge is -2.05. The van der Waals surface area contributed by atoms with Crippen molar-refractivity contribution in [2.45, 2.75) is 0 Å². The van der Waals surface area contributed by atoms with Crippen molar-refractivity contribution >= 4 is 5.90 Å². The number of hydrogen-bond donors (Lipinski definition) is 0. The van der Waals surface area contributed by atoms with E-state index in [1.54, 1.807) is 48.8 Å². The molecule has 26 heavy (non-hydrogen) atoms. The molecule has 0 atom stereocenters. The minimum atomic E-state index is -0.312. The number of benzene rings is 2. The van der Waals surface area contributed by atoms with E-state index in [4.69, 9.17) is 4.42 Å². The summed E-state index contributed by atoms with van der Waals surface area (Å²) in [6.45, 7) is 0. The topological polar surface area (TPSA) is 78.2 Å². The highest BCUT2D eigenvalue weighted by Crippen LogP contribution is 2.22. The maximum atomic E-state index is 12.1. The van der Waals surface area contributed by atoms with Crippen molar-refractivity contribution in [1.29, 1.82) is 0 Å². The Hall–Kier alpha value is -3.80. The van der Waals surface area contributed by atoms with Crippen LogP contribution in [-0.2, 0) is 0 Å². The first-order chi connectivity index (χ1) is 12.8. The van der Waals surface area contributed by atoms with Gasteiger partial charge in [-0.15, -0.1) is 10.2 Å². The zero-order valence-corrected chi connectivity index (χ0v) is 13.7. The molecular formula is C20H14N4O2. The van der Waals surface area contributed by atoms with Gasteiger partial charge in [0.15, 0.2) is 0 Å². The van der Waals surface area contributed by atoms with Gasteiger partial charge in [-0.1, -0.05) is 53.2 Å². The molecule has 0 aliphatic carbocycles. The van der Waals surface area contributed by atoms with Gasteiger partial charge in [0.25, 0.3) is 0 Å². The molecule has 0 aliphatic rings. The third-order valence-corrected chi connectivity index (χ3v) is 3.73. The minimum Gasteiger partial charge on any atom is -0.854 e. The minimum absolute atomic E-state index is 0.312. The maximum Gasteiger partial charge on any atom is 0.248 e. The van der Waals surface area contributed by atoms with Crippen LogP contribution in [0.4, 0.5) is 0 Å². The van der Waals surface area contributed by atoms with Crippen LogP contribution in [-0.4, -0.2) is 16.1 Å². The highest BCUT2D eigenvalue weighted by molar-refractivity contribution is 5.89. The normalized spacial score (nSPS) is 11.5. The predicted molar refractivity (Wildman–Crippen MR) is 93.7 cm³/mol. The quantitative estimate of drug-likeness (QED) is 0.324. The Labute approximate surface area is 149 Å². The van der Waals surface area contributed by atoms with Gasteiger partial charge in [-0.2, -0.15) is 0 Å². The molecule has 0 N–H and O–H groups in total. The summed E-state index contributed by atoms with van der Waals surface area (Å²) in [5.74, 6) is 0.555. The van der Waals surface area contributed by atoms with Gasteiger partial charge >= 0.3 is 0 Å². The number of hydrogen-bond acceptors (Lipinski definition) is 5. The molecule has 0 bridgehead atoms. The molecule has 0 radical (unpaired) electrons. The van der Waals surface area contributed by atoms with Crippen LogP contribution in [0.3, 0.4) is 0 Å². The van der Waals surface area contributed by atoms with Crippen molar-refractivity contribution in [3.8, 4) is 22.9 Å². The summed E-state index contributed by atoms with van der Waals surface area (Å²) in [7, 11) is 0. The summed E-state index contributed by atoms with van der Waals surface area (Å²) in [6, 6.07) is 22.0. The monoisotopic (exact) mass is 342 g/mol. The summed E-state index contributed by atoms with van der Waals surface area (Å²) >= 11 is 0. The van der Waals surface area contributed by atoms with Gasteiger partial charge in [0.1, 0.15) is 0 Å². The third-order valence-electron chi connectivity index (χ3n) is 3.73. The molecular weight excluding hydrogens is 328 g/mol. The first-order valence-corrected chi connectivity index (χ1v) is 8.01. The molecule has 0 spiro atoms. The van der Waals surface area contributed by atoms with E-state index in [0.29, 0.717) is 17.3 Å². The first-order valence-electron chi connectivity index (χ1n) is 8.01. The van der Waals surface area contributed by atoms with Crippen LogP contribution in [0.25, 0.3) is 22.9 Å². The second kappa shape index (κ2) is 6.98. The molecule has 2 aromatic carbocycles. The van der Waals surface area contributed by atoms with Crippen molar-refractivity contribution in [2.24, 2.45) is 5.10 Å². The summed E-state index contributed by atoms with van der Waals surface area (Å²) in [4.78, 5) is 0. The Kier molecular flexibility index (Phi) is 4.22. The maximum absolute atomic E-state index is 12.1. The number of rotatable bonds is 4. The van der Waals surface area contributed by atoms with Gasteiger partial charge in [-0.05, 0) is 22.8 Å². The molecule has 126 valence electrons. The molecule has 0 unspecified atom stereocenters. The van der Waals surface area contributed by atoms with E-state index in [0.717, 1.165) is 11.1 Å². The van der Waals surface area contributed by atoms with Crippen molar-refractivity contribution in [2.75, 3.05) is 0 Å². The van der Waals surface area contributed by atoms with Crippen LogP contribution in [0, 0.1) is 0 Å². The molecule has 0 saturated heterocycles. The number of pyridine rings is 1. The molecule has 0 aliphatic heterocycles. The van der Waals surface area contributed by atoms with E-state index in [2.05, 4.69) is 15.3 Å². The smallest absolute Gasteiger partial charge is 0.248 e. The van der Waals surface area contributed by atoms with E-state index in [1.807, 2.05) is 36.4 Å². The first kappa shape index (κ1) is 15.7. The zero-order valence-electron chi connectivity index (χ0n) is 13.7. The summed E-state index contributed by atoms with van der Waals surface area (Å²) in [5.41, 5.74) is 2.15. The van der Waals surface area contributed by atoms with Gasteiger partial charge < -0.3 is 9.52 Å². The van der Waals surface area contributed by atoms with Crippen LogP contribution in [0.5, 0.6) is 0 Å². The third kappa shape index (κ3) is 3.34. The lowest BCUT2D eigenvalue weighted by Crippen LogP contribution is -2.33. The number of aromatic nitrogens is 3. The van der Waals surface area contributed by atoms with Crippen LogP contribution in [0.2, 0.25) is 0 Å². The van der Waals surface area contributed by atoms with Crippen molar-refractivity contribution in [1.82, 2.24) is 10.2 Å². The lowest BCUT2D eigenvalue weighted by atomic mass is 10.2. The van der Waals surface area contributed by atoms with Crippen molar-refractivity contribution < 1.29 is 14.2 Å². The lowest BCUT2D eigenvalue weighted by molar-refractivity contribution is -0.681. The molecule has 4 rings (SSSR count). The van der Waals surface area contributed by atoms with Gasteiger partial charge in [-0.25, -0.2) is 0 Å². The fourth-order valence-corrected chi connectivity index (χ4v) is 2.41. The second-order valence-corrected chi connectivity index (χ2v) is 5.52. The van der Waals surface area contributed by atoms with Crippen LogP contribution < -0.4 is 9.78 Å². The molecule has 6 heteroatoms. The molecule has 6 nitrogen and oxygen atoms in total. The second-order valence-electron chi connectivity index (χ2n) is 5.52. The van der Waals surface area contributed by atoms with Gasteiger partial charge in [-0.3, -0.25) is 0 Å². The molecule has 0 fully saturated rings. The van der Waals surface area contributed by atoms with Crippen molar-refractivity contribution in [3.05, 3.63) is 90.8 Å². The summed E-state index contributed by atoms with van der Waals surface area (Å²) in [6.07, 6.45) is 3.34. The highest BCUT2D eigenvalue weighted by Gasteiger charge is 2.11. The Morgan fingerprint density at radius 3 is 1.92 bits per heavy atom. The van der Waals surface area contributed by atoms with Crippen LogP contribution >= 0.6 is 0 Å². The van der Waals surface area contributed by atoms with Gasteiger partial charge in [0.05, 0.1) is 11.5 Å². The SMILES string of the molecule is [O-]/C(=N\[n+]1ccc(-c2nnc(-c3ccccc3)o2)cc1)c1ccccc1. The molecule has 2 heterocycles. The van der Waals surface area contributed by atoms with E-state index in [-0.39, 0.29) is 5.90 Å². The van der Waals surface area contributed by atoms with E-state index in [9.17, 15) is 5.11 Å². The van der Waals surface area contributed by atoms with Crippen LogP contribution in [0.1, 0.15) is 5.56 Å². The molecule has 4 aromatic rings. The van der Waals surface area contributed by atoms with E-state index >= 15 is 0 Å². The number of nitrogens with zero attached hydrogens (tertiary/aromatic N) is 4. The summed E-state index contributed by atoms with van der Waals surface area (Å²) < 4.78 is 7.17. The molecule has 2 aromatic heterocycles. The Morgan fingerprint density at radius 2 is 1.31 bits per heavy atom.